The summed E-state index contributed by atoms with van der Waals surface area (Å²) in [6, 6.07) is 7.34. The average Bonchev–Trinajstić information content (AvgIpc) is 2.57. The Balaban J connectivity index is 1.67. The van der Waals surface area contributed by atoms with E-state index in [-0.39, 0.29) is 0 Å². The van der Waals surface area contributed by atoms with Crippen molar-refractivity contribution in [3.8, 4) is 0 Å². The highest BCUT2D eigenvalue weighted by atomic mass is 32.2. The molecule has 22 heavy (non-hydrogen) atoms. The number of morpholine rings is 1. The van der Waals surface area contributed by atoms with Crippen LogP contribution in [0.25, 0.3) is 0 Å². The van der Waals surface area contributed by atoms with Crippen molar-refractivity contribution >= 4 is 10.0 Å². The first-order chi connectivity index (χ1) is 10.7. The van der Waals surface area contributed by atoms with Crippen LogP contribution in [-0.4, -0.2) is 57.0 Å². The van der Waals surface area contributed by atoms with Crippen molar-refractivity contribution in [2.45, 2.75) is 24.3 Å². The summed E-state index contributed by atoms with van der Waals surface area (Å²) in [6.45, 7) is 5.46. The first-order valence-electron chi connectivity index (χ1n) is 7.87. The van der Waals surface area contributed by atoms with Gasteiger partial charge in [-0.15, -0.1) is 0 Å². The van der Waals surface area contributed by atoms with E-state index in [4.69, 9.17) is 4.74 Å². The summed E-state index contributed by atoms with van der Waals surface area (Å²) in [7, 11) is -3.33. The van der Waals surface area contributed by atoms with Gasteiger partial charge in [0, 0.05) is 32.7 Å². The van der Waals surface area contributed by atoms with E-state index in [0.29, 0.717) is 18.0 Å². The summed E-state index contributed by atoms with van der Waals surface area (Å²) >= 11 is 0. The maximum Gasteiger partial charge on any atom is 0.243 e. The predicted molar refractivity (Wildman–Crippen MR) is 84.8 cm³/mol. The molecule has 6 heteroatoms. The van der Waals surface area contributed by atoms with Gasteiger partial charge in [0.25, 0.3) is 0 Å². The zero-order valence-electron chi connectivity index (χ0n) is 12.8. The Morgan fingerprint density at radius 1 is 0.955 bits per heavy atom. The quantitative estimate of drug-likeness (QED) is 0.843. The molecule has 0 aromatic heterocycles. The molecule has 0 unspecified atom stereocenters. The van der Waals surface area contributed by atoms with Crippen molar-refractivity contribution in [2.24, 2.45) is 0 Å². The van der Waals surface area contributed by atoms with Gasteiger partial charge < -0.3 is 4.74 Å². The van der Waals surface area contributed by atoms with Crippen molar-refractivity contribution in [2.75, 3.05) is 39.4 Å². The molecule has 2 saturated heterocycles. The fourth-order valence-electron chi connectivity index (χ4n) is 2.90. The van der Waals surface area contributed by atoms with Gasteiger partial charge in [0.1, 0.15) is 0 Å². The van der Waals surface area contributed by atoms with E-state index in [0.717, 1.165) is 51.3 Å². The molecule has 1 radical (unpaired) electrons. The highest BCUT2D eigenvalue weighted by molar-refractivity contribution is 7.89. The number of ether oxygens (including phenoxy) is 1. The van der Waals surface area contributed by atoms with E-state index >= 15 is 0 Å². The second-order valence-corrected chi connectivity index (χ2v) is 7.74. The maximum atomic E-state index is 12.6. The minimum absolute atomic E-state index is 0.403. The Labute approximate surface area is 132 Å². The van der Waals surface area contributed by atoms with Gasteiger partial charge in [-0.25, -0.2) is 8.42 Å². The van der Waals surface area contributed by atoms with Crippen molar-refractivity contribution in [1.82, 2.24) is 9.21 Å². The molecule has 0 amide bonds. The van der Waals surface area contributed by atoms with Crippen molar-refractivity contribution in [3.05, 3.63) is 36.2 Å². The molecule has 0 N–H and O–H groups in total. The largest absolute Gasteiger partial charge is 0.379 e. The van der Waals surface area contributed by atoms with Gasteiger partial charge in [-0.2, -0.15) is 4.31 Å². The number of benzene rings is 1. The van der Waals surface area contributed by atoms with Crippen LogP contribution in [0, 0.1) is 6.42 Å². The Morgan fingerprint density at radius 2 is 1.59 bits per heavy atom. The van der Waals surface area contributed by atoms with Crippen LogP contribution in [0.4, 0.5) is 0 Å². The molecule has 2 aliphatic rings. The van der Waals surface area contributed by atoms with Crippen LogP contribution in [0.3, 0.4) is 0 Å². The van der Waals surface area contributed by atoms with E-state index in [1.807, 2.05) is 12.1 Å². The summed E-state index contributed by atoms with van der Waals surface area (Å²) < 4.78 is 32.1. The van der Waals surface area contributed by atoms with Gasteiger partial charge in [-0.3, -0.25) is 4.90 Å². The second-order valence-electron chi connectivity index (χ2n) is 5.80. The van der Waals surface area contributed by atoms with Gasteiger partial charge in [0.15, 0.2) is 0 Å². The van der Waals surface area contributed by atoms with Gasteiger partial charge in [0.05, 0.1) is 18.1 Å². The van der Waals surface area contributed by atoms with Crippen molar-refractivity contribution in [3.63, 3.8) is 0 Å². The standard InChI is InChI=1S/C16H23N2O3S/c19-22(20,18-8-2-1-3-9-18)16-6-4-15(5-7-16)14-17-10-12-21-13-11-17/h1,4-7H,2-3,8-14H2. The number of sulfonamides is 1. The maximum absolute atomic E-state index is 12.6. The lowest BCUT2D eigenvalue weighted by molar-refractivity contribution is 0.0342. The van der Waals surface area contributed by atoms with Gasteiger partial charge in [-0.1, -0.05) is 12.1 Å². The first-order valence-corrected chi connectivity index (χ1v) is 9.31. The molecule has 1 aromatic carbocycles. The van der Waals surface area contributed by atoms with Crippen LogP contribution in [0.15, 0.2) is 29.2 Å². The van der Waals surface area contributed by atoms with Crippen LogP contribution in [0.1, 0.15) is 18.4 Å². The van der Waals surface area contributed by atoms with Gasteiger partial charge in [0.2, 0.25) is 10.0 Å². The third kappa shape index (κ3) is 3.68. The number of rotatable bonds is 4. The fourth-order valence-corrected chi connectivity index (χ4v) is 4.37. The second kappa shape index (κ2) is 7.08. The SMILES string of the molecule is O=S(=O)(c1ccc(CN2CCOCC2)cc1)N1CC[CH]CC1. The molecule has 121 valence electrons. The first kappa shape index (κ1) is 15.9. The molecule has 1 aromatic rings. The number of hydrogen-bond donors (Lipinski definition) is 0. The van der Waals surface area contributed by atoms with Crippen LogP contribution in [-0.2, 0) is 21.3 Å². The molecule has 0 bridgehead atoms. The Morgan fingerprint density at radius 3 is 2.23 bits per heavy atom. The molecule has 2 heterocycles. The van der Waals surface area contributed by atoms with Gasteiger partial charge in [-0.05, 0) is 37.0 Å². The molecule has 3 rings (SSSR count). The lowest BCUT2D eigenvalue weighted by Crippen LogP contribution is -2.36. The molecule has 5 nitrogen and oxygen atoms in total. The highest BCUT2D eigenvalue weighted by Gasteiger charge is 2.25. The van der Waals surface area contributed by atoms with Crippen LogP contribution >= 0.6 is 0 Å². The normalized spacial score (nSPS) is 21.8. The summed E-state index contributed by atoms with van der Waals surface area (Å²) in [4.78, 5) is 2.73. The van der Waals surface area contributed by atoms with Crippen LogP contribution in [0.2, 0.25) is 0 Å². The Hall–Kier alpha value is -0.950. The summed E-state index contributed by atoms with van der Waals surface area (Å²) in [5.74, 6) is 0. The van der Waals surface area contributed by atoms with Crippen molar-refractivity contribution < 1.29 is 13.2 Å². The number of piperidine rings is 1. The molecular formula is C16H23N2O3S. The third-order valence-electron chi connectivity index (χ3n) is 4.24. The molecule has 0 atom stereocenters. The third-order valence-corrected chi connectivity index (χ3v) is 6.15. The molecular weight excluding hydrogens is 300 g/mol. The van der Waals surface area contributed by atoms with E-state index in [9.17, 15) is 8.42 Å². The highest BCUT2D eigenvalue weighted by Crippen LogP contribution is 2.21. The summed E-state index contributed by atoms with van der Waals surface area (Å²) in [5.41, 5.74) is 1.15. The minimum Gasteiger partial charge on any atom is -0.379 e. The van der Waals surface area contributed by atoms with Crippen molar-refractivity contribution in [1.29, 1.82) is 0 Å². The van der Waals surface area contributed by atoms with Gasteiger partial charge >= 0.3 is 0 Å². The van der Waals surface area contributed by atoms with E-state index in [1.165, 1.54) is 0 Å². The Kier molecular flexibility index (Phi) is 5.13. The lowest BCUT2D eigenvalue weighted by atomic mass is 10.2. The molecule has 0 aliphatic carbocycles. The zero-order valence-corrected chi connectivity index (χ0v) is 13.6. The molecule has 0 saturated carbocycles. The average molecular weight is 323 g/mol. The summed E-state index contributed by atoms with van der Waals surface area (Å²) in [6.07, 6.45) is 3.83. The topological polar surface area (TPSA) is 49.9 Å². The molecule has 0 spiro atoms. The predicted octanol–water partition coefficient (Wildman–Crippen LogP) is 1.51. The Bertz CT molecular complexity index is 574. The van der Waals surface area contributed by atoms with Crippen LogP contribution in [0.5, 0.6) is 0 Å². The zero-order chi connectivity index (χ0) is 15.4. The van der Waals surface area contributed by atoms with E-state index in [2.05, 4.69) is 11.3 Å². The number of hydrogen-bond acceptors (Lipinski definition) is 4. The smallest absolute Gasteiger partial charge is 0.243 e. The van der Waals surface area contributed by atoms with E-state index in [1.54, 1.807) is 16.4 Å². The van der Waals surface area contributed by atoms with E-state index < -0.39 is 10.0 Å². The summed E-state index contributed by atoms with van der Waals surface area (Å²) in [5, 5.41) is 0. The number of nitrogens with zero attached hydrogens (tertiary/aromatic N) is 2. The lowest BCUT2D eigenvalue weighted by Gasteiger charge is -2.27. The minimum atomic E-state index is -3.33. The van der Waals surface area contributed by atoms with Crippen LogP contribution < -0.4 is 0 Å². The molecule has 2 aliphatic heterocycles. The fraction of sp³-hybridized carbons (Fsp3) is 0.562. The molecule has 2 fully saturated rings. The monoisotopic (exact) mass is 323 g/mol.